The molecule has 5 rings (SSSR count). The lowest BCUT2D eigenvalue weighted by atomic mass is 9.79. The predicted octanol–water partition coefficient (Wildman–Crippen LogP) is 6.31. The van der Waals surface area contributed by atoms with Crippen LogP contribution in [0.5, 0.6) is 5.75 Å². The maximum absolute atomic E-state index is 13.6. The first-order valence-electron chi connectivity index (χ1n) is 11.0. The van der Waals surface area contributed by atoms with Crippen molar-refractivity contribution in [1.82, 2.24) is 5.32 Å². The maximum Gasteiger partial charge on any atom is 0.336 e. The minimum absolute atomic E-state index is 0.127. The topological polar surface area (TPSA) is 64.6 Å². The minimum Gasteiger partial charge on any atom is -0.489 e. The summed E-state index contributed by atoms with van der Waals surface area (Å²) in [6, 6.07) is 20.0. The molecule has 0 bridgehead atoms. The maximum atomic E-state index is 13.6. The number of carbonyl (C=O) groups is 2. The smallest absolute Gasteiger partial charge is 0.336 e. The van der Waals surface area contributed by atoms with Crippen LogP contribution in [0.3, 0.4) is 0 Å². The monoisotopic (exact) mass is 505 g/mol. The average Bonchev–Trinajstić information content (AvgIpc) is 3.14. The molecule has 0 amide bonds. The largest absolute Gasteiger partial charge is 0.489 e. The fourth-order valence-electron chi connectivity index (χ4n) is 4.67. The molecule has 2 aliphatic rings. The molecule has 1 aliphatic heterocycles. The fourth-order valence-corrected chi connectivity index (χ4v) is 5.13. The van der Waals surface area contributed by atoms with Crippen LogP contribution >= 0.6 is 23.2 Å². The number of para-hydroxylation sites is 1. The van der Waals surface area contributed by atoms with Gasteiger partial charge in [-0.3, -0.25) is 4.79 Å². The summed E-state index contributed by atoms with van der Waals surface area (Å²) >= 11 is 12.4. The van der Waals surface area contributed by atoms with Gasteiger partial charge in [0.2, 0.25) is 0 Å². The number of dihydropyridines is 1. The van der Waals surface area contributed by atoms with Crippen LogP contribution in [-0.2, 0) is 16.1 Å². The number of allylic oxidation sites excluding steroid dienone is 2. The minimum atomic E-state index is -0.671. The van der Waals surface area contributed by atoms with Crippen LogP contribution in [0.15, 0.2) is 83.6 Å². The zero-order chi connectivity index (χ0) is 24.7. The molecule has 0 saturated carbocycles. The Morgan fingerprint density at radius 3 is 2.46 bits per heavy atom. The van der Waals surface area contributed by atoms with E-state index in [0.29, 0.717) is 49.5 Å². The van der Waals surface area contributed by atoms with Crippen molar-refractivity contribution >= 4 is 40.7 Å². The zero-order valence-electron chi connectivity index (χ0n) is 19.0. The van der Waals surface area contributed by atoms with E-state index in [1.165, 1.54) is 7.11 Å². The fraction of sp³-hybridized carbons (Fsp3) is 0.143. The number of ether oxygens (including phenoxy) is 2. The summed E-state index contributed by atoms with van der Waals surface area (Å²) in [7, 11) is 1.33. The van der Waals surface area contributed by atoms with Crippen LogP contribution in [0.4, 0.5) is 0 Å². The number of esters is 1. The van der Waals surface area contributed by atoms with E-state index in [1.807, 2.05) is 49.4 Å². The van der Waals surface area contributed by atoms with E-state index in [0.717, 1.165) is 11.1 Å². The van der Waals surface area contributed by atoms with Crippen molar-refractivity contribution in [1.29, 1.82) is 0 Å². The Labute approximate surface area is 213 Å². The molecule has 35 heavy (non-hydrogen) atoms. The molecule has 3 aromatic rings. The van der Waals surface area contributed by atoms with Crippen LogP contribution in [-0.4, -0.2) is 18.9 Å². The molecule has 3 aromatic carbocycles. The zero-order valence-corrected chi connectivity index (χ0v) is 20.5. The number of Topliss-reactive ketones (excluding diaryl/α,β-unsaturated/α-hetero) is 1. The summed E-state index contributed by atoms with van der Waals surface area (Å²) in [5.74, 6) is -0.769. The van der Waals surface area contributed by atoms with Gasteiger partial charge in [0.05, 0.1) is 24.3 Å². The number of nitrogens with one attached hydrogen (secondary N) is 1. The molecule has 7 heteroatoms. The lowest BCUT2D eigenvalue weighted by Gasteiger charge is -2.30. The Kier molecular flexibility index (Phi) is 6.13. The van der Waals surface area contributed by atoms with Crippen molar-refractivity contribution in [3.05, 3.63) is 116 Å². The molecule has 1 heterocycles. The first-order valence-corrected chi connectivity index (χ1v) is 11.8. The van der Waals surface area contributed by atoms with Crippen molar-refractivity contribution in [2.75, 3.05) is 7.11 Å². The summed E-state index contributed by atoms with van der Waals surface area (Å²) in [6.45, 7) is 2.00. The first kappa shape index (κ1) is 23.2. The third-order valence-electron chi connectivity index (χ3n) is 6.28. The number of carbonyl (C=O) groups excluding carboxylic acids is 2. The molecule has 0 radical (unpaired) electrons. The number of fused-ring (bicyclic) bond motifs is 2. The van der Waals surface area contributed by atoms with Gasteiger partial charge in [0.25, 0.3) is 0 Å². The molecule has 1 aliphatic carbocycles. The Balaban J connectivity index is 1.62. The molecule has 176 valence electrons. The van der Waals surface area contributed by atoms with E-state index >= 15 is 0 Å². The number of halogens is 2. The van der Waals surface area contributed by atoms with E-state index in [1.54, 1.807) is 24.3 Å². The van der Waals surface area contributed by atoms with E-state index < -0.39 is 11.9 Å². The second-order valence-electron chi connectivity index (χ2n) is 8.31. The molecular formula is C28H21Cl2NO4. The molecule has 5 nitrogen and oxygen atoms in total. The van der Waals surface area contributed by atoms with Crippen LogP contribution in [0, 0.1) is 0 Å². The van der Waals surface area contributed by atoms with Crippen LogP contribution in [0.25, 0.3) is 5.70 Å². The highest BCUT2D eigenvalue weighted by atomic mass is 35.5. The molecule has 0 aromatic heterocycles. The second kappa shape index (κ2) is 9.25. The number of hydrogen-bond acceptors (Lipinski definition) is 5. The van der Waals surface area contributed by atoms with E-state index in [9.17, 15) is 9.59 Å². The second-order valence-corrected chi connectivity index (χ2v) is 9.16. The highest BCUT2D eigenvalue weighted by Crippen LogP contribution is 2.48. The van der Waals surface area contributed by atoms with Gasteiger partial charge in [-0.05, 0) is 25.1 Å². The van der Waals surface area contributed by atoms with Crippen molar-refractivity contribution in [3.8, 4) is 5.75 Å². The summed E-state index contributed by atoms with van der Waals surface area (Å²) in [6.07, 6.45) is 0. The third-order valence-corrected chi connectivity index (χ3v) is 6.87. The van der Waals surface area contributed by atoms with E-state index in [-0.39, 0.29) is 12.4 Å². The number of methoxy groups -OCH3 is 1. The average molecular weight is 506 g/mol. The van der Waals surface area contributed by atoms with Crippen LogP contribution < -0.4 is 10.1 Å². The van der Waals surface area contributed by atoms with E-state index in [2.05, 4.69) is 5.32 Å². The molecule has 0 saturated heterocycles. The third kappa shape index (κ3) is 4.01. The van der Waals surface area contributed by atoms with Gasteiger partial charge in [-0.25, -0.2) is 4.79 Å². The van der Waals surface area contributed by atoms with Crippen LogP contribution in [0.1, 0.15) is 39.9 Å². The lowest BCUT2D eigenvalue weighted by molar-refractivity contribution is -0.136. The molecule has 0 fully saturated rings. The Morgan fingerprint density at radius 2 is 1.71 bits per heavy atom. The number of rotatable bonds is 5. The van der Waals surface area contributed by atoms with Gasteiger partial charge in [0, 0.05) is 43.6 Å². The Bertz CT molecular complexity index is 1440. The van der Waals surface area contributed by atoms with E-state index in [4.69, 9.17) is 32.7 Å². The molecule has 1 N–H and O–H groups in total. The van der Waals surface area contributed by atoms with Crippen molar-refractivity contribution in [2.24, 2.45) is 0 Å². The number of benzene rings is 3. The molecule has 0 unspecified atom stereocenters. The van der Waals surface area contributed by atoms with Gasteiger partial charge < -0.3 is 14.8 Å². The van der Waals surface area contributed by atoms with Crippen molar-refractivity contribution < 1.29 is 19.1 Å². The summed E-state index contributed by atoms with van der Waals surface area (Å²) in [4.78, 5) is 26.6. The highest BCUT2D eigenvalue weighted by Gasteiger charge is 2.43. The van der Waals surface area contributed by atoms with Gasteiger partial charge in [-0.15, -0.1) is 0 Å². The molecular weight excluding hydrogens is 485 g/mol. The standard InChI is InChI=1S/C28H21Cl2NO4/c1-15-23(28(33)34-2)24(25-26(31-15)18-7-3-4-8-19(18)27(25)32)20-9-5-6-10-22(20)35-14-16-11-12-17(29)13-21(16)30/h3-13,24,31H,14H2,1-2H3/t24-/m0/s1. The molecule has 1 atom stereocenters. The van der Waals surface area contributed by atoms with Crippen LogP contribution in [0.2, 0.25) is 10.0 Å². The number of ketones is 1. The molecule has 0 spiro atoms. The van der Waals surface area contributed by atoms with Crippen molar-refractivity contribution in [3.63, 3.8) is 0 Å². The first-order chi connectivity index (χ1) is 16.9. The predicted molar refractivity (Wildman–Crippen MR) is 136 cm³/mol. The Morgan fingerprint density at radius 1 is 1.00 bits per heavy atom. The van der Waals surface area contributed by atoms with Gasteiger partial charge in [0.1, 0.15) is 12.4 Å². The Hall–Kier alpha value is -3.54. The normalized spacial score (nSPS) is 16.6. The number of hydrogen-bond donors (Lipinski definition) is 1. The van der Waals surface area contributed by atoms with Gasteiger partial charge in [-0.2, -0.15) is 0 Å². The summed E-state index contributed by atoms with van der Waals surface area (Å²) < 4.78 is 11.3. The summed E-state index contributed by atoms with van der Waals surface area (Å²) in [5, 5.41) is 4.32. The highest BCUT2D eigenvalue weighted by molar-refractivity contribution is 6.35. The van der Waals surface area contributed by atoms with Gasteiger partial charge >= 0.3 is 5.97 Å². The van der Waals surface area contributed by atoms with Gasteiger partial charge in [-0.1, -0.05) is 71.7 Å². The van der Waals surface area contributed by atoms with Crippen molar-refractivity contribution in [2.45, 2.75) is 19.4 Å². The lowest BCUT2D eigenvalue weighted by Crippen LogP contribution is -2.29. The summed E-state index contributed by atoms with van der Waals surface area (Å²) in [5.41, 5.74) is 5.06. The van der Waals surface area contributed by atoms with Gasteiger partial charge in [0.15, 0.2) is 5.78 Å². The SMILES string of the molecule is COC(=O)C1=C(C)NC2=C(C(=O)c3ccccc32)[C@H]1c1ccccc1OCc1ccc(Cl)cc1Cl. The quantitative estimate of drug-likeness (QED) is 0.411.